The molecule has 0 saturated carbocycles. The molecule has 0 spiro atoms. The maximum absolute atomic E-state index is 4.44. The Hall–Kier alpha value is -1.57. The van der Waals surface area contributed by atoms with E-state index in [1.165, 1.54) is 5.56 Å². The van der Waals surface area contributed by atoms with Crippen LogP contribution in [0.25, 0.3) is 5.69 Å². The molecule has 0 aliphatic heterocycles. The van der Waals surface area contributed by atoms with Crippen molar-refractivity contribution in [3.8, 4) is 5.69 Å². The molecule has 17 heavy (non-hydrogen) atoms. The van der Waals surface area contributed by atoms with Gasteiger partial charge in [-0.1, -0.05) is 45.9 Å². The number of benzene rings is 1. The third-order valence-corrected chi connectivity index (χ3v) is 3.42. The van der Waals surface area contributed by atoms with Gasteiger partial charge < -0.3 is 0 Å². The fourth-order valence-electron chi connectivity index (χ4n) is 1.78. The van der Waals surface area contributed by atoms with Crippen molar-refractivity contribution in [1.82, 2.24) is 9.78 Å². The van der Waals surface area contributed by atoms with Crippen molar-refractivity contribution in [2.24, 2.45) is 5.41 Å². The number of hydrogen-bond donors (Lipinski definition) is 0. The van der Waals surface area contributed by atoms with Crippen LogP contribution in [0.2, 0.25) is 0 Å². The van der Waals surface area contributed by atoms with Gasteiger partial charge in [-0.3, -0.25) is 0 Å². The minimum Gasteiger partial charge on any atom is -0.241 e. The molecule has 1 unspecified atom stereocenters. The second-order valence-corrected chi connectivity index (χ2v) is 5.64. The Labute approximate surface area is 103 Å². The number of nitrogens with zero attached hydrogens (tertiary/aromatic N) is 2. The van der Waals surface area contributed by atoms with Crippen molar-refractivity contribution in [3.05, 3.63) is 48.3 Å². The third kappa shape index (κ3) is 2.57. The van der Waals surface area contributed by atoms with Crippen LogP contribution in [-0.4, -0.2) is 9.78 Å². The van der Waals surface area contributed by atoms with E-state index in [0.717, 1.165) is 5.69 Å². The molecule has 0 saturated heterocycles. The number of para-hydroxylation sites is 1. The molecule has 2 aromatic rings. The Morgan fingerprint density at radius 1 is 1.12 bits per heavy atom. The highest BCUT2D eigenvalue weighted by molar-refractivity contribution is 5.31. The van der Waals surface area contributed by atoms with Crippen LogP contribution in [0.5, 0.6) is 0 Å². The molecule has 1 aromatic carbocycles. The Bertz CT molecular complexity index is 477. The van der Waals surface area contributed by atoms with E-state index in [9.17, 15) is 0 Å². The lowest BCUT2D eigenvalue weighted by molar-refractivity contribution is 0.339. The number of rotatable bonds is 2. The Morgan fingerprint density at radius 3 is 2.35 bits per heavy atom. The molecule has 1 atom stereocenters. The molecular weight excluding hydrogens is 208 g/mol. The minimum absolute atomic E-state index is 0.268. The first kappa shape index (κ1) is 11.9. The normalized spacial score (nSPS) is 13.6. The van der Waals surface area contributed by atoms with Crippen LogP contribution in [0.4, 0.5) is 0 Å². The number of hydrogen-bond acceptors (Lipinski definition) is 1. The van der Waals surface area contributed by atoms with Crippen molar-refractivity contribution in [2.45, 2.75) is 33.6 Å². The summed E-state index contributed by atoms with van der Waals surface area (Å²) in [5, 5.41) is 4.44. The number of aromatic nitrogens is 2. The van der Waals surface area contributed by atoms with Crippen molar-refractivity contribution >= 4 is 0 Å². The summed E-state index contributed by atoms with van der Waals surface area (Å²) in [6.07, 6.45) is 4.11. The van der Waals surface area contributed by atoms with Crippen molar-refractivity contribution in [1.29, 1.82) is 0 Å². The first-order valence-electron chi connectivity index (χ1n) is 6.08. The van der Waals surface area contributed by atoms with Gasteiger partial charge in [0.1, 0.15) is 0 Å². The van der Waals surface area contributed by atoms with Crippen LogP contribution in [0.1, 0.15) is 39.2 Å². The predicted molar refractivity (Wildman–Crippen MR) is 71.4 cm³/mol. The van der Waals surface area contributed by atoms with Crippen LogP contribution >= 0.6 is 0 Å². The summed E-state index contributed by atoms with van der Waals surface area (Å²) in [4.78, 5) is 0. The lowest BCUT2D eigenvalue weighted by atomic mass is 9.79. The highest BCUT2D eigenvalue weighted by Gasteiger charge is 2.22. The van der Waals surface area contributed by atoms with Gasteiger partial charge in [-0.15, -0.1) is 0 Å². The van der Waals surface area contributed by atoms with Gasteiger partial charge in [0.2, 0.25) is 0 Å². The molecule has 0 aliphatic rings. The van der Waals surface area contributed by atoms with Gasteiger partial charge >= 0.3 is 0 Å². The first-order chi connectivity index (χ1) is 7.98. The quantitative estimate of drug-likeness (QED) is 0.759. The van der Waals surface area contributed by atoms with Crippen LogP contribution in [0.15, 0.2) is 42.7 Å². The van der Waals surface area contributed by atoms with Gasteiger partial charge in [-0.25, -0.2) is 4.68 Å². The monoisotopic (exact) mass is 228 g/mol. The van der Waals surface area contributed by atoms with Gasteiger partial charge in [0.05, 0.1) is 11.9 Å². The molecule has 0 aliphatic carbocycles. The smallest absolute Gasteiger partial charge is 0.0645 e. The average molecular weight is 228 g/mol. The maximum atomic E-state index is 4.44. The lowest BCUT2D eigenvalue weighted by Crippen LogP contribution is -2.14. The molecule has 2 heteroatoms. The molecule has 0 bridgehead atoms. The van der Waals surface area contributed by atoms with Crippen molar-refractivity contribution < 1.29 is 0 Å². The molecule has 0 N–H and O–H groups in total. The Kier molecular flexibility index (Phi) is 3.05. The summed E-state index contributed by atoms with van der Waals surface area (Å²) in [5.41, 5.74) is 2.67. The van der Waals surface area contributed by atoms with Crippen LogP contribution in [0, 0.1) is 5.41 Å². The van der Waals surface area contributed by atoms with Crippen LogP contribution < -0.4 is 0 Å². The zero-order valence-electron chi connectivity index (χ0n) is 11.0. The Morgan fingerprint density at radius 2 is 1.76 bits per heavy atom. The van der Waals surface area contributed by atoms with E-state index in [-0.39, 0.29) is 5.41 Å². The van der Waals surface area contributed by atoms with Crippen LogP contribution in [-0.2, 0) is 0 Å². The fourth-order valence-corrected chi connectivity index (χ4v) is 1.78. The maximum Gasteiger partial charge on any atom is 0.0645 e. The van der Waals surface area contributed by atoms with E-state index < -0.39 is 0 Å². The molecule has 2 nitrogen and oxygen atoms in total. The first-order valence-corrected chi connectivity index (χ1v) is 6.08. The van der Waals surface area contributed by atoms with E-state index in [1.807, 2.05) is 29.1 Å². The highest BCUT2D eigenvalue weighted by Crippen LogP contribution is 2.34. The van der Waals surface area contributed by atoms with E-state index in [1.54, 1.807) is 0 Å². The van der Waals surface area contributed by atoms with Crippen LogP contribution in [0.3, 0.4) is 0 Å². The van der Waals surface area contributed by atoms with Gasteiger partial charge in [-0.05, 0) is 29.0 Å². The molecule has 1 aromatic heterocycles. The summed E-state index contributed by atoms with van der Waals surface area (Å²) in [6, 6.07) is 10.2. The fraction of sp³-hybridized carbons (Fsp3) is 0.400. The SMILES string of the molecule is CC(c1cnn(-c2ccccc2)c1)C(C)(C)C. The average Bonchev–Trinajstić information content (AvgIpc) is 2.77. The molecule has 2 rings (SSSR count). The molecule has 0 fully saturated rings. The van der Waals surface area contributed by atoms with Crippen molar-refractivity contribution in [3.63, 3.8) is 0 Å². The van der Waals surface area contributed by atoms with Gasteiger partial charge in [-0.2, -0.15) is 5.10 Å². The molecule has 1 heterocycles. The second-order valence-electron chi connectivity index (χ2n) is 5.64. The van der Waals surface area contributed by atoms with Gasteiger partial charge in [0.25, 0.3) is 0 Å². The van der Waals surface area contributed by atoms with E-state index in [0.29, 0.717) is 5.92 Å². The zero-order chi connectivity index (χ0) is 12.5. The standard InChI is InChI=1S/C15H20N2/c1-12(15(2,3)4)13-10-16-17(11-13)14-8-6-5-7-9-14/h5-12H,1-4H3. The molecular formula is C15H20N2. The van der Waals surface area contributed by atoms with Gasteiger partial charge in [0, 0.05) is 6.20 Å². The zero-order valence-corrected chi connectivity index (χ0v) is 11.0. The Balaban J connectivity index is 2.28. The largest absolute Gasteiger partial charge is 0.241 e. The molecule has 0 radical (unpaired) electrons. The topological polar surface area (TPSA) is 17.8 Å². The predicted octanol–water partition coefficient (Wildman–Crippen LogP) is 4.02. The van der Waals surface area contributed by atoms with Gasteiger partial charge in [0.15, 0.2) is 0 Å². The summed E-state index contributed by atoms with van der Waals surface area (Å²) < 4.78 is 1.94. The summed E-state index contributed by atoms with van der Waals surface area (Å²) in [6.45, 7) is 9.04. The van der Waals surface area contributed by atoms with E-state index in [2.05, 4.69) is 51.1 Å². The highest BCUT2D eigenvalue weighted by atomic mass is 15.3. The summed E-state index contributed by atoms with van der Waals surface area (Å²) >= 11 is 0. The third-order valence-electron chi connectivity index (χ3n) is 3.42. The second kappa shape index (κ2) is 4.36. The van der Waals surface area contributed by atoms with Crippen molar-refractivity contribution in [2.75, 3.05) is 0 Å². The van der Waals surface area contributed by atoms with E-state index in [4.69, 9.17) is 0 Å². The molecule has 90 valence electrons. The van der Waals surface area contributed by atoms with E-state index >= 15 is 0 Å². The summed E-state index contributed by atoms with van der Waals surface area (Å²) in [7, 11) is 0. The summed E-state index contributed by atoms with van der Waals surface area (Å²) in [5.74, 6) is 0.500. The lowest BCUT2D eigenvalue weighted by Gasteiger charge is -2.26. The molecule has 0 amide bonds. The minimum atomic E-state index is 0.268.